The van der Waals surface area contributed by atoms with E-state index in [1.807, 2.05) is 37.3 Å². The molecule has 0 radical (unpaired) electrons. The summed E-state index contributed by atoms with van der Waals surface area (Å²) in [6.45, 7) is 5.69. The van der Waals surface area contributed by atoms with Gasteiger partial charge in [0.2, 0.25) is 5.89 Å². The third-order valence-corrected chi connectivity index (χ3v) is 5.72. The van der Waals surface area contributed by atoms with Crippen molar-refractivity contribution in [3.63, 3.8) is 0 Å². The van der Waals surface area contributed by atoms with Gasteiger partial charge >= 0.3 is 6.09 Å². The van der Waals surface area contributed by atoms with E-state index in [1.54, 1.807) is 12.5 Å². The maximum Gasteiger partial charge on any atom is 0.411 e. The Morgan fingerprint density at radius 1 is 1.32 bits per heavy atom. The van der Waals surface area contributed by atoms with Crippen LogP contribution >= 0.6 is 0 Å². The molecule has 0 aromatic carbocycles. The highest BCUT2D eigenvalue weighted by atomic mass is 16.6. The number of hydrogen-bond acceptors (Lipinski definition) is 6. The van der Waals surface area contributed by atoms with Crippen LogP contribution in [-0.2, 0) is 18.2 Å². The van der Waals surface area contributed by atoms with E-state index in [-0.39, 0.29) is 18.2 Å². The summed E-state index contributed by atoms with van der Waals surface area (Å²) in [6, 6.07) is -0.0169. The Labute approximate surface area is 165 Å². The van der Waals surface area contributed by atoms with Gasteiger partial charge in [0.05, 0.1) is 12.7 Å². The van der Waals surface area contributed by atoms with Gasteiger partial charge in [-0.15, -0.1) is 0 Å². The molecule has 2 aromatic heterocycles. The lowest BCUT2D eigenvalue weighted by Crippen LogP contribution is -2.43. The molecule has 1 saturated carbocycles. The van der Waals surface area contributed by atoms with Crippen molar-refractivity contribution in [3.8, 4) is 0 Å². The van der Waals surface area contributed by atoms with E-state index in [2.05, 4.69) is 15.1 Å². The monoisotopic (exact) mass is 387 g/mol. The first-order valence-electron chi connectivity index (χ1n) is 10.1. The molecule has 1 aliphatic carbocycles. The fraction of sp³-hybridized carbons (Fsp3) is 0.700. The zero-order chi connectivity index (χ0) is 19.9. The first-order valence-corrected chi connectivity index (χ1v) is 10.1. The standard InChI is InChI=1S/C20H29N5O3/c1-20(2,3)27-19(26)25-15-8-6-5-7-13(15)9-16(25)18-22-17(23-28-18)10-14-11-21-12-24(14)4/h11-13,15-16H,5-10H2,1-4H3/t13-,15-,16-/m0/s1. The van der Waals surface area contributed by atoms with E-state index in [4.69, 9.17) is 9.26 Å². The predicted octanol–water partition coefficient (Wildman–Crippen LogP) is 3.63. The number of fused-ring (bicyclic) bond motifs is 1. The molecule has 0 spiro atoms. The summed E-state index contributed by atoms with van der Waals surface area (Å²) in [7, 11) is 1.94. The van der Waals surface area contributed by atoms with E-state index in [1.165, 1.54) is 6.42 Å². The number of amides is 1. The van der Waals surface area contributed by atoms with Gasteiger partial charge in [0, 0.05) is 25.0 Å². The van der Waals surface area contributed by atoms with E-state index >= 15 is 0 Å². The molecule has 152 valence electrons. The highest BCUT2D eigenvalue weighted by molar-refractivity contribution is 5.69. The number of rotatable bonds is 3. The smallest absolute Gasteiger partial charge is 0.411 e. The molecule has 2 fully saturated rings. The SMILES string of the molecule is Cn1cncc1Cc1noc([C@@H]2C[C@@H]3CCCC[C@@H]3N2C(=O)OC(C)(C)C)n1. The Kier molecular flexibility index (Phi) is 4.89. The fourth-order valence-electron chi connectivity index (χ4n) is 4.45. The molecule has 1 aliphatic heterocycles. The summed E-state index contributed by atoms with van der Waals surface area (Å²) < 4.78 is 13.3. The van der Waals surface area contributed by atoms with Crippen molar-refractivity contribution < 1.29 is 14.1 Å². The molecule has 2 aliphatic rings. The van der Waals surface area contributed by atoms with Gasteiger partial charge in [-0.3, -0.25) is 4.90 Å². The van der Waals surface area contributed by atoms with Crippen molar-refractivity contribution in [2.24, 2.45) is 13.0 Å². The Morgan fingerprint density at radius 3 is 2.82 bits per heavy atom. The third kappa shape index (κ3) is 3.77. The second kappa shape index (κ2) is 7.22. The zero-order valence-corrected chi connectivity index (χ0v) is 17.1. The molecule has 28 heavy (non-hydrogen) atoms. The van der Waals surface area contributed by atoms with Crippen LogP contribution in [0.25, 0.3) is 0 Å². The van der Waals surface area contributed by atoms with Crippen molar-refractivity contribution in [2.45, 2.75) is 77.0 Å². The second-order valence-corrected chi connectivity index (χ2v) is 8.97. The first kappa shape index (κ1) is 19.0. The lowest BCUT2D eigenvalue weighted by Gasteiger charge is -2.34. The molecule has 2 aromatic rings. The lowest BCUT2D eigenvalue weighted by atomic mass is 9.85. The molecule has 8 nitrogen and oxygen atoms in total. The Hall–Kier alpha value is -2.38. The average molecular weight is 387 g/mol. The van der Waals surface area contributed by atoms with Gasteiger partial charge in [-0.2, -0.15) is 4.98 Å². The number of aryl methyl sites for hydroxylation is 1. The maximum atomic E-state index is 13.0. The van der Waals surface area contributed by atoms with Crippen LogP contribution in [-0.4, -0.2) is 42.3 Å². The molecular weight excluding hydrogens is 358 g/mol. The number of imidazole rings is 1. The highest BCUT2D eigenvalue weighted by Gasteiger charge is 2.48. The number of nitrogens with zero attached hydrogens (tertiary/aromatic N) is 5. The van der Waals surface area contributed by atoms with Crippen molar-refractivity contribution in [2.75, 3.05) is 0 Å². The number of likely N-dealkylation sites (tertiary alicyclic amines) is 1. The van der Waals surface area contributed by atoms with Crippen LogP contribution < -0.4 is 0 Å². The number of hydrogen-bond donors (Lipinski definition) is 0. The molecule has 0 unspecified atom stereocenters. The van der Waals surface area contributed by atoms with Gasteiger partial charge in [-0.25, -0.2) is 9.78 Å². The summed E-state index contributed by atoms with van der Waals surface area (Å²) in [4.78, 5) is 23.6. The minimum Gasteiger partial charge on any atom is -0.444 e. The molecule has 1 amide bonds. The molecule has 4 rings (SSSR count). The Balaban J connectivity index is 1.57. The van der Waals surface area contributed by atoms with Crippen LogP contribution in [0.5, 0.6) is 0 Å². The van der Waals surface area contributed by atoms with Gasteiger partial charge in [0.25, 0.3) is 0 Å². The second-order valence-electron chi connectivity index (χ2n) is 8.97. The van der Waals surface area contributed by atoms with Crippen molar-refractivity contribution in [1.82, 2.24) is 24.6 Å². The van der Waals surface area contributed by atoms with E-state index in [0.717, 1.165) is 31.4 Å². The summed E-state index contributed by atoms with van der Waals surface area (Å²) in [5, 5.41) is 4.16. The predicted molar refractivity (Wildman–Crippen MR) is 101 cm³/mol. The van der Waals surface area contributed by atoms with E-state index in [0.29, 0.717) is 24.1 Å². The fourth-order valence-corrected chi connectivity index (χ4v) is 4.45. The van der Waals surface area contributed by atoms with Gasteiger partial charge < -0.3 is 13.8 Å². The molecule has 3 atom stereocenters. The quantitative estimate of drug-likeness (QED) is 0.799. The molecular formula is C20H29N5O3. The minimum atomic E-state index is -0.534. The van der Waals surface area contributed by atoms with Crippen LogP contribution in [0.15, 0.2) is 17.0 Å². The molecule has 0 bridgehead atoms. The summed E-state index contributed by atoms with van der Waals surface area (Å²) in [6.07, 6.45) is 9.18. The Morgan fingerprint density at radius 2 is 2.11 bits per heavy atom. The van der Waals surface area contributed by atoms with Crippen LogP contribution in [0.4, 0.5) is 4.79 Å². The van der Waals surface area contributed by atoms with Gasteiger partial charge in [-0.1, -0.05) is 18.0 Å². The molecule has 3 heterocycles. The van der Waals surface area contributed by atoms with Crippen molar-refractivity contribution in [3.05, 3.63) is 29.9 Å². The molecule has 1 saturated heterocycles. The van der Waals surface area contributed by atoms with Gasteiger partial charge in [0.15, 0.2) is 5.82 Å². The first-order chi connectivity index (χ1) is 13.3. The van der Waals surface area contributed by atoms with Crippen molar-refractivity contribution in [1.29, 1.82) is 0 Å². The largest absolute Gasteiger partial charge is 0.444 e. The van der Waals surface area contributed by atoms with Crippen LogP contribution in [0.1, 0.15) is 76.3 Å². The average Bonchev–Trinajstić information content (AvgIpc) is 3.32. The number of ether oxygens (including phenoxy) is 1. The summed E-state index contributed by atoms with van der Waals surface area (Å²) >= 11 is 0. The van der Waals surface area contributed by atoms with Crippen molar-refractivity contribution >= 4 is 6.09 Å². The third-order valence-electron chi connectivity index (χ3n) is 5.72. The van der Waals surface area contributed by atoms with Crippen LogP contribution in [0.3, 0.4) is 0 Å². The number of carbonyl (C=O) groups is 1. The maximum absolute atomic E-state index is 13.0. The lowest BCUT2D eigenvalue weighted by molar-refractivity contribution is 0.00745. The zero-order valence-electron chi connectivity index (χ0n) is 17.1. The molecule has 8 heteroatoms. The summed E-state index contributed by atoms with van der Waals surface area (Å²) in [5.41, 5.74) is 0.477. The van der Waals surface area contributed by atoms with E-state index < -0.39 is 5.60 Å². The normalized spacial score (nSPS) is 25.0. The number of carbonyl (C=O) groups excluding carboxylic acids is 1. The molecule has 0 N–H and O–H groups in total. The Bertz CT molecular complexity index is 837. The number of aromatic nitrogens is 4. The minimum absolute atomic E-state index is 0.195. The summed E-state index contributed by atoms with van der Waals surface area (Å²) in [5.74, 6) is 1.59. The van der Waals surface area contributed by atoms with Crippen LogP contribution in [0, 0.1) is 5.92 Å². The van der Waals surface area contributed by atoms with E-state index in [9.17, 15) is 4.79 Å². The topological polar surface area (TPSA) is 86.3 Å². The highest BCUT2D eigenvalue weighted by Crippen LogP contribution is 2.46. The van der Waals surface area contributed by atoms with Crippen LogP contribution in [0.2, 0.25) is 0 Å². The van der Waals surface area contributed by atoms with Gasteiger partial charge in [-0.05, 0) is 46.0 Å². The van der Waals surface area contributed by atoms with Gasteiger partial charge in [0.1, 0.15) is 11.6 Å².